The molecule has 0 spiro atoms. The first kappa shape index (κ1) is 11.6. The molecule has 1 aliphatic carbocycles. The quantitative estimate of drug-likeness (QED) is 0.689. The van der Waals surface area contributed by atoms with Gasteiger partial charge in [0, 0.05) is 19.2 Å². The number of amides is 1. The molecule has 0 aromatic heterocycles. The molecule has 3 N–H and O–H groups in total. The van der Waals surface area contributed by atoms with E-state index in [1.807, 2.05) is 12.2 Å². The normalized spacial score (nSPS) is 33.9. The minimum Gasteiger partial charge on any atom is -0.376 e. The van der Waals surface area contributed by atoms with Gasteiger partial charge in [-0.1, -0.05) is 12.2 Å². The second-order valence-electron chi connectivity index (χ2n) is 4.62. The molecule has 1 saturated heterocycles. The summed E-state index contributed by atoms with van der Waals surface area (Å²) in [5.74, 6) is 0.0389. The fourth-order valence-electron chi connectivity index (χ4n) is 2.24. The molecule has 0 bridgehead atoms. The van der Waals surface area contributed by atoms with E-state index in [0.717, 1.165) is 25.9 Å². The van der Waals surface area contributed by atoms with Gasteiger partial charge in [0.15, 0.2) is 0 Å². The van der Waals surface area contributed by atoms with Gasteiger partial charge in [-0.2, -0.15) is 0 Å². The van der Waals surface area contributed by atoms with Crippen molar-refractivity contribution >= 4 is 5.91 Å². The van der Waals surface area contributed by atoms with Crippen LogP contribution in [0.25, 0.3) is 0 Å². The van der Waals surface area contributed by atoms with Crippen molar-refractivity contribution in [2.75, 3.05) is 13.2 Å². The van der Waals surface area contributed by atoms with E-state index in [2.05, 4.69) is 5.32 Å². The van der Waals surface area contributed by atoms with Crippen molar-refractivity contribution in [1.82, 2.24) is 5.32 Å². The Balaban J connectivity index is 1.69. The summed E-state index contributed by atoms with van der Waals surface area (Å²) in [5, 5.41) is 2.94. The van der Waals surface area contributed by atoms with Crippen LogP contribution in [0.15, 0.2) is 12.2 Å². The molecule has 4 nitrogen and oxygen atoms in total. The number of nitrogens with two attached hydrogens (primary N) is 1. The van der Waals surface area contributed by atoms with E-state index in [0.29, 0.717) is 6.54 Å². The van der Waals surface area contributed by atoms with Crippen LogP contribution in [-0.4, -0.2) is 31.2 Å². The lowest BCUT2D eigenvalue weighted by molar-refractivity contribution is -0.124. The number of nitrogens with one attached hydrogen (secondary N) is 1. The molecule has 16 heavy (non-hydrogen) atoms. The smallest absolute Gasteiger partial charge is 0.227 e. The SMILES string of the molecule is NC1C=CC(C(=O)NCC2CCCCO2)C1. The molecule has 0 saturated carbocycles. The molecule has 2 aliphatic rings. The third kappa shape index (κ3) is 3.06. The number of hydrogen-bond donors (Lipinski definition) is 2. The largest absolute Gasteiger partial charge is 0.376 e. The maximum Gasteiger partial charge on any atom is 0.227 e. The van der Waals surface area contributed by atoms with E-state index >= 15 is 0 Å². The van der Waals surface area contributed by atoms with Gasteiger partial charge in [0.25, 0.3) is 0 Å². The Morgan fingerprint density at radius 3 is 2.94 bits per heavy atom. The van der Waals surface area contributed by atoms with Crippen LogP contribution in [-0.2, 0) is 9.53 Å². The van der Waals surface area contributed by atoms with E-state index in [-0.39, 0.29) is 24.0 Å². The molecule has 1 amide bonds. The van der Waals surface area contributed by atoms with Crippen LogP contribution in [0.5, 0.6) is 0 Å². The molecule has 90 valence electrons. The molecular formula is C12H20N2O2. The number of carbonyl (C=O) groups excluding carboxylic acids is 1. The first-order chi connectivity index (χ1) is 7.75. The molecule has 4 heteroatoms. The van der Waals surface area contributed by atoms with Crippen molar-refractivity contribution in [1.29, 1.82) is 0 Å². The summed E-state index contributed by atoms with van der Waals surface area (Å²) in [6.07, 6.45) is 8.15. The summed E-state index contributed by atoms with van der Waals surface area (Å²) in [5.41, 5.74) is 5.71. The van der Waals surface area contributed by atoms with Gasteiger partial charge in [-0.05, 0) is 25.7 Å². The Kier molecular flexibility index (Phi) is 3.96. The van der Waals surface area contributed by atoms with Gasteiger partial charge in [0.1, 0.15) is 0 Å². The third-order valence-corrected chi connectivity index (χ3v) is 3.23. The van der Waals surface area contributed by atoms with Crippen LogP contribution >= 0.6 is 0 Å². The summed E-state index contributed by atoms with van der Waals surface area (Å²) >= 11 is 0. The molecule has 0 aromatic rings. The highest BCUT2D eigenvalue weighted by Crippen LogP contribution is 2.17. The Hall–Kier alpha value is -0.870. The topological polar surface area (TPSA) is 64.4 Å². The molecule has 1 aliphatic heterocycles. The molecular weight excluding hydrogens is 204 g/mol. The average Bonchev–Trinajstić information content (AvgIpc) is 2.74. The zero-order valence-electron chi connectivity index (χ0n) is 9.52. The summed E-state index contributed by atoms with van der Waals surface area (Å²) in [6, 6.07) is 0.0432. The fraction of sp³-hybridized carbons (Fsp3) is 0.750. The van der Waals surface area contributed by atoms with Gasteiger partial charge < -0.3 is 15.8 Å². The van der Waals surface area contributed by atoms with Gasteiger partial charge >= 0.3 is 0 Å². The van der Waals surface area contributed by atoms with Crippen LogP contribution in [0.4, 0.5) is 0 Å². The van der Waals surface area contributed by atoms with Crippen molar-refractivity contribution in [3.8, 4) is 0 Å². The highest BCUT2D eigenvalue weighted by molar-refractivity contribution is 5.81. The second-order valence-corrected chi connectivity index (χ2v) is 4.62. The summed E-state index contributed by atoms with van der Waals surface area (Å²) in [4.78, 5) is 11.8. The molecule has 1 fully saturated rings. The Morgan fingerprint density at radius 2 is 2.31 bits per heavy atom. The van der Waals surface area contributed by atoms with Crippen molar-refractivity contribution in [3.63, 3.8) is 0 Å². The molecule has 3 unspecified atom stereocenters. The van der Waals surface area contributed by atoms with Crippen molar-refractivity contribution in [3.05, 3.63) is 12.2 Å². The third-order valence-electron chi connectivity index (χ3n) is 3.23. The number of hydrogen-bond acceptors (Lipinski definition) is 3. The zero-order valence-corrected chi connectivity index (χ0v) is 9.52. The fourth-order valence-corrected chi connectivity index (χ4v) is 2.24. The predicted molar refractivity (Wildman–Crippen MR) is 61.8 cm³/mol. The molecule has 3 atom stereocenters. The van der Waals surface area contributed by atoms with Crippen molar-refractivity contribution in [2.45, 2.75) is 37.8 Å². The lowest BCUT2D eigenvalue weighted by Gasteiger charge is -2.23. The molecule has 0 aromatic carbocycles. The van der Waals surface area contributed by atoms with Crippen LogP contribution in [0.1, 0.15) is 25.7 Å². The lowest BCUT2D eigenvalue weighted by atomic mass is 10.1. The van der Waals surface area contributed by atoms with Gasteiger partial charge in [-0.15, -0.1) is 0 Å². The van der Waals surface area contributed by atoms with Gasteiger partial charge in [-0.3, -0.25) is 4.79 Å². The Labute approximate surface area is 96.2 Å². The van der Waals surface area contributed by atoms with E-state index in [1.165, 1.54) is 6.42 Å². The number of ether oxygens (including phenoxy) is 1. The Bertz CT molecular complexity index is 272. The standard InChI is InChI=1S/C12H20N2O2/c13-10-5-4-9(7-10)12(15)14-8-11-3-1-2-6-16-11/h4-5,9-11H,1-3,6-8,13H2,(H,14,15). The van der Waals surface area contributed by atoms with E-state index in [4.69, 9.17) is 10.5 Å². The van der Waals surface area contributed by atoms with Gasteiger partial charge in [-0.25, -0.2) is 0 Å². The number of rotatable bonds is 3. The van der Waals surface area contributed by atoms with Crippen LogP contribution in [0.2, 0.25) is 0 Å². The monoisotopic (exact) mass is 224 g/mol. The Morgan fingerprint density at radius 1 is 1.44 bits per heavy atom. The number of carbonyl (C=O) groups is 1. The van der Waals surface area contributed by atoms with Crippen molar-refractivity contribution in [2.24, 2.45) is 11.7 Å². The first-order valence-electron chi connectivity index (χ1n) is 6.09. The maximum absolute atomic E-state index is 11.8. The van der Waals surface area contributed by atoms with E-state index in [9.17, 15) is 4.79 Å². The van der Waals surface area contributed by atoms with Gasteiger partial charge in [0.05, 0.1) is 12.0 Å². The second kappa shape index (κ2) is 5.46. The van der Waals surface area contributed by atoms with Crippen molar-refractivity contribution < 1.29 is 9.53 Å². The highest BCUT2D eigenvalue weighted by Gasteiger charge is 2.23. The van der Waals surface area contributed by atoms with Crippen LogP contribution in [0.3, 0.4) is 0 Å². The van der Waals surface area contributed by atoms with E-state index < -0.39 is 0 Å². The zero-order chi connectivity index (χ0) is 11.4. The summed E-state index contributed by atoms with van der Waals surface area (Å²) in [7, 11) is 0. The average molecular weight is 224 g/mol. The molecule has 2 rings (SSSR count). The lowest BCUT2D eigenvalue weighted by Crippen LogP contribution is -2.38. The first-order valence-corrected chi connectivity index (χ1v) is 6.09. The van der Waals surface area contributed by atoms with E-state index in [1.54, 1.807) is 0 Å². The maximum atomic E-state index is 11.8. The minimum atomic E-state index is -0.0430. The highest BCUT2D eigenvalue weighted by atomic mass is 16.5. The molecule has 1 heterocycles. The summed E-state index contributed by atoms with van der Waals surface area (Å²) in [6.45, 7) is 1.47. The summed E-state index contributed by atoms with van der Waals surface area (Å²) < 4.78 is 5.55. The predicted octanol–water partition coefficient (Wildman–Crippen LogP) is 0.575. The van der Waals surface area contributed by atoms with Gasteiger partial charge in [0.2, 0.25) is 5.91 Å². The minimum absolute atomic E-state index is 0.0430. The molecule has 0 radical (unpaired) electrons. The van der Waals surface area contributed by atoms with Crippen LogP contribution in [0, 0.1) is 5.92 Å². The van der Waals surface area contributed by atoms with Crippen LogP contribution < -0.4 is 11.1 Å².